The first-order valence-corrected chi connectivity index (χ1v) is 11.3. The Bertz CT molecular complexity index is 1420. The van der Waals surface area contributed by atoms with Crippen molar-refractivity contribution >= 4 is 16.9 Å². The Morgan fingerprint density at radius 2 is 1.91 bits per heavy atom. The van der Waals surface area contributed by atoms with Crippen molar-refractivity contribution in [1.29, 1.82) is 5.26 Å². The van der Waals surface area contributed by atoms with Gasteiger partial charge < -0.3 is 10.6 Å². The van der Waals surface area contributed by atoms with Crippen molar-refractivity contribution in [3.63, 3.8) is 0 Å². The van der Waals surface area contributed by atoms with Crippen molar-refractivity contribution in [3.8, 4) is 28.5 Å². The summed E-state index contributed by atoms with van der Waals surface area (Å²) in [5.41, 5.74) is 3.91. The number of rotatable bonds is 5. The highest BCUT2D eigenvalue weighted by atomic mass is 19.1. The average Bonchev–Trinajstić information content (AvgIpc) is 3.37. The van der Waals surface area contributed by atoms with Gasteiger partial charge in [0.05, 0.1) is 16.8 Å². The van der Waals surface area contributed by atoms with Gasteiger partial charge in [-0.05, 0) is 79.4 Å². The van der Waals surface area contributed by atoms with E-state index in [-0.39, 0.29) is 11.4 Å². The highest BCUT2D eigenvalue weighted by Gasteiger charge is 2.17. The molecule has 2 N–H and O–H groups in total. The van der Waals surface area contributed by atoms with E-state index in [1.807, 2.05) is 30.3 Å². The Labute approximate surface area is 196 Å². The molecule has 1 atom stereocenters. The maximum Gasteiger partial charge on any atom is 0.223 e. The van der Waals surface area contributed by atoms with E-state index >= 15 is 0 Å². The number of hydrogen-bond donors (Lipinski definition) is 2. The van der Waals surface area contributed by atoms with E-state index in [2.05, 4.69) is 10.6 Å². The number of benzene rings is 3. The van der Waals surface area contributed by atoms with Crippen LogP contribution in [0.15, 0.2) is 54.6 Å². The van der Waals surface area contributed by atoms with E-state index in [4.69, 9.17) is 15.2 Å². The van der Waals surface area contributed by atoms with Crippen molar-refractivity contribution in [2.24, 2.45) is 5.92 Å². The van der Waals surface area contributed by atoms with Crippen LogP contribution in [0.1, 0.15) is 17.5 Å². The minimum absolute atomic E-state index is 0.0229. The molecule has 170 valence electrons. The summed E-state index contributed by atoms with van der Waals surface area (Å²) in [4.78, 5) is 9.43. The van der Waals surface area contributed by atoms with Gasteiger partial charge in [-0.25, -0.2) is 18.7 Å². The molecule has 1 saturated heterocycles. The third-order valence-corrected chi connectivity index (χ3v) is 6.35. The molecule has 0 radical (unpaired) electrons. The lowest BCUT2D eigenvalue weighted by atomic mass is 9.97. The summed E-state index contributed by atoms with van der Waals surface area (Å²) in [6.07, 6.45) is 1.09. The van der Waals surface area contributed by atoms with E-state index in [0.717, 1.165) is 42.6 Å². The highest BCUT2D eigenvalue weighted by molar-refractivity contribution is 5.96. The van der Waals surface area contributed by atoms with Crippen molar-refractivity contribution in [2.75, 3.05) is 25.0 Å². The first-order valence-electron chi connectivity index (χ1n) is 11.3. The van der Waals surface area contributed by atoms with E-state index in [9.17, 15) is 8.78 Å². The molecule has 0 spiro atoms. The molecule has 5 nitrogen and oxygen atoms in total. The molecule has 5 rings (SSSR count). The molecule has 4 aromatic rings. The zero-order chi connectivity index (χ0) is 23.7. The van der Waals surface area contributed by atoms with Crippen molar-refractivity contribution in [2.45, 2.75) is 13.3 Å². The predicted octanol–water partition coefficient (Wildman–Crippen LogP) is 5.44. The molecule has 3 aromatic carbocycles. The van der Waals surface area contributed by atoms with E-state index in [0.29, 0.717) is 34.2 Å². The maximum absolute atomic E-state index is 14.5. The van der Waals surface area contributed by atoms with Gasteiger partial charge in [-0.1, -0.05) is 24.3 Å². The first kappa shape index (κ1) is 21.9. The Morgan fingerprint density at radius 3 is 2.68 bits per heavy atom. The van der Waals surface area contributed by atoms with Crippen LogP contribution in [0.5, 0.6) is 0 Å². The summed E-state index contributed by atoms with van der Waals surface area (Å²) in [7, 11) is 0. The summed E-state index contributed by atoms with van der Waals surface area (Å²) < 4.78 is 28.7. The van der Waals surface area contributed by atoms with Gasteiger partial charge in [-0.15, -0.1) is 0 Å². The Morgan fingerprint density at radius 1 is 1.06 bits per heavy atom. The molecule has 7 heteroatoms. The largest absolute Gasteiger partial charge is 0.354 e. The average molecular weight is 456 g/mol. The fourth-order valence-electron chi connectivity index (χ4n) is 4.39. The van der Waals surface area contributed by atoms with Crippen molar-refractivity contribution in [1.82, 2.24) is 15.3 Å². The molecule has 1 aliphatic rings. The van der Waals surface area contributed by atoms with Crippen LogP contribution in [0.3, 0.4) is 0 Å². The molecule has 34 heavy (non-hydrogen) atoms. The second-order valence-corrected chi connectivity index (χ2v) is 8.59. The monoisotopic (exact) mass is 455 g/mol. The van der Waals surface area contributed by atoms with Crippen LogP contribution >= 0.6 is 0 Å². The summed E-state index contributed by atoms with van der Waals surface area (Å²) in [5, 5.41) is 16.5. The third kappa shape index (κ3) is 4.20. The normalized spacial score (nSPS) is 15.4. The third-order valence-electron chi connectivity index (χ3n) is 6.35. The maximum atomic E-state index is 14.5. The van der Waals surface area contributed by atoms with Crippen LogP contribution in [-0.4, -0.2) is 29.6 Å². The first-order chi connectivity index (χ1) is 16.5. The number of nitrogens with one attached hydrogen (secondary N) is 2. The minimum atomic E-state index is -0.601. The van der Waals surface area contributed by atoms with Gasteiger partial charge in [0.1, 0.15) is 17.7 Å². The van der Waals surface area contributed by atoms with Gasteiger partial charge in [-0.3, -0.25) is 0 Å². The van der Waals surface area contributed by atoms with Gasteiger partial charge in [0.2, 0.25) is 5.95 Å². The number of anilines is 1. The summed E-state index contributed by atoms with van der Waals surface area (Å²) in [6.45, 7) is 4.43. The molecule has 2 heterocycles. The summed E-state index contributed by atoms with van der Waals surface area (Å²) in [6, 6.07) is 17.0. The smallest absolute Gasteiger partial charge is 0.223 e. The molecule has 0 amide bonds. The minimum Gasteiger partial charge on any atom is -0.354 e. The Hall–Kier alpha value is -3.89. The number of hydrogen-bond acceptors (Lipinski definition) is 5. The molecule has 1 unspecified atom stereocenters. The molecular weight excluding hydrogens is 432 g/mol. The number of nitrogens with zero attached hydrogens (tertiary/aromatic N) is 3. The summed E-state index contributed by atoms with van der Waals surface area (Å²) >= 11 is 0. The number of nitriles is 1. The van der Waals surface area contributed by atoms with E-state index < -0.39 is 5.82 Å². The molecule has 0 bridgehead atoms. The lowest BCUT2D eigenvalue weighted by Gasteiger charge is -2.14. The Kier molecular flexibility index (Phi) is 5.91. The quantitative estimate of drug-likeness (QED) is 0.419. The SMILES string of the molecule is Cc1c(F)cccc1-c1ccc2nc(NCC3CCNC3)nc(-c3ccc(C#N)c(F)c3)c2c1. The fourth-order valence-corrected chi connectivity index (χ4v) is 4.39. The summed E-state index contributed by atoms with van der Waals surface area (Å²) in [5.74, 6) is 0.0851. The molecule has 0 saturated carbocycles. The number of aromatic nitrogens is 2. The molecule has 1 aromatic heterocycles. The number of halogens is 2. The van der Waals surface area contributed by atoms with Crippen LogP contribution in [0, 0.1) is 35.8 Å². The predicted molar refractivity (Wildman–Crippen MR) is 129 cm³/mol. The topological polar surface area (TPSA) is 73.6 Å². The molecule has 1 fully saturated rings. The molecule has 1 aliphatic heterocycles. The van der Waals surface area contributed by atoms with Crippen molar-refractivity contribution in [3.05, 3.63) is 77.4 Å². The van der Waals surface area contributed by atoms with Crippen LogP contribution in [0.25, 0.3) is 33.3 Å². The lowest BCUT2D eigenvalue weighted by molar-refractivity contribution is 0.613. The van der Waals surface area contributed by atoms with Gasteiger partial charge >= 0.3 is 0 Å². The van der Waals surface area contributed by atoms with Crippen LogP contribution < -0.4 is 10.6 Å². The zero-order valence-electron chi connectivity index (χ0n) is 18.7. The second kappa shape index (κ2) is 9.16. The molecule has 0 aliphatic carbocycles. The second-order valence-electron chi connectivity index (χ2n) is 8.59. The zero-order valence-corrected chi connectivity index (χ0v) is 18.7. The van der Waals surface area contributed by atoms with E-state index in [1.54, 1.807) is 19.1 Å². The van der Waals surface area contributed by atoms with Crippen LogP contribution in [0.2, 0.25) is 0 Å². The van der Waals surface area contributed by atoms with Gasteiger partial charge in [-0.2, -0.15) is 5.26 Å². The van der Waals surface area contributed by atoms with Gasteiger partial charge in [0, 0.05) is 17.5 Å². The molecular formula is C27H23F2N5. The number of fused-ring (bicyclic) bond motifs is 1. The Balaban J connectivity index is 1.64. The van der Waals surface area contributed by atoms with Crippen molar-refractivity contribution < 1.29 is 8.78 Å². The highest BCUT2D eigenvalue weighted by Crippen LogP contribution is 2.33. The standard InChI is InChI=1S/C27H23F2N5/c1-16-21(3-2-4-23(16)28)18-7-8-25-22(11-18)26(19-5-6-20(13-30)24(29)12-19)34-27(33-25)32-15-17-9-10-31-14-17/h2-8,11-12,17,31H,9-10,14-15H2,1H3,(H,32,33,34). The van der Waals surface area contributed by atoms with E-state index in [1.165, 1.54) is 18.2 Å². The van der Waals surface area contributed by atoms with Gasteiger partial charge in [0.15, 0.2) is 0 Å². The fraction of sp³-hybridized carbons (Fsp3) is 0.222. The van der Waals surface area contributed by atoms with Gasteiger partial charge in [0.25, 0.3) is 0 Å². The van der Waals surface area contributed by atoms with Crippen LogP contribution in [0.4, 0.5) is 14.7 Å². The van der Waals surface area contributed by atoms with Crippen LogP contribution in [-0.2, 0) is 0 Å². The lowest BCUT2D eigenvalue weighted by Crippen LogP contribution is -2.18.